The molecule has 2 rings (SSSR count). The zero-order valence-electron chi connectivity index (χ0n) is 13.2. The largest absolute Gasteiger partial charge is 0.378 e. The quantitative estimate of drug-likeness (QED) is 0.787. The van der Waals surface area contributed by atoms with E-state index < -0.39 is 0 Å². The average Bonchev–Trinajstić information content (AvgIpc) is 2.44. The lowest BCUT2D eigenvalue weighted by molar-refractivity contribution is 0.874. The van der Waals surface area contributed by atoms with Crippen molar-refractivity contribution in [2.24, 2.45) is 0 Å². The van der Waals surface area contributed by atoms with Gasteiger partial charge in [-0.1, -0.05) is 43.3 Å². The first kappa shape index (κ1) is 14.6. The SMILES string of the molecule is CCc1cccc(C)c1NC(C)c1ccc(C)c(C)c1. The number of aryl methyl sites for hydroxylation is 4. The molecule has 0 saturated carbocycles. The smallest absolute Gasteiger partial charge is 0.0485 e. The predicted octanol–water partition coefficient (Wildman–Crippen LogP) is 5.35. The molecule has 106 valence electrons. The molecule has 0 aromatic heterocycles. The van der Waals surface area contributed by atoms with Crippen molar-refractivity contribution >= 4 is 5.69 Å². The zero-order valence-corrected chi connectivity index (χ0v) is 13.2. The van der Waals surface area contributed by atoms with E-state index in [2.05, 4.69) is 76.3 Å². The third-order valence-corrected chi connectivity index (χ3v) is 4.13. The molecule has 1 heteroatoms. The van der Waals surface area contributed by atoms with Gasteiger partial charge < -0.3 is 5.32 Å². The molecule has 20 heavy (non-hydrogen) atoms. The van der Waals surface area contributed by atoms with Gasteiger partial charge in [0.15, 0.2) is 0 Å². The van der Waals surface area contributed by atoms with Crippen LogP contribution < -0.4 is 5.32 Å². The molecule has 0 bridgehead atoms. The Bertz CT molecular complexity index is 599. The summed E-state index contributed by atoms with van der Waals surface area (Å²) < 4.78 is 0. The van der Waals surface area contributed by atoms with Crippen LogP contribution in [0, 0.1) is 20.8 Å². The first-order valence-corrected chi connectivity index (χ1v) is 7.45. The van der Waals surface area contributed by atoms with E-state index in [0.717, 1.165) is 6.42 Å². The monoisotopic (exact) mass is 267 g/mol. The second-order valence-electron chi connectivity index (χ2n) is 5.67. The Morgan fingerprint density at radius 3 is 2.35 bits per heavy atom. The molecule has 0 amide bonds. The number of nitrogens with one attached hydrogen (secondary N) is 1. The molecule has 2 aromatic rings. The van der Waals surface area contributed by atoms with Crippen LogP contribution in [0.1, 0.15) is 47.7 Å². The minimum atomic E-state index is 0.320. The number of hydrogen-bond donors (Lipinski definition) is 1. The Morgan fingerprint density at radius 1 is 0.950 bits per heavy atom. The first-order valence-electron chi connectivity index (χ1n) is 7.45. The van der Waals surface area contributed by atoms with Gasteiger partial charge in [-0.25, -0.2) is 0 Å². The molecule has 1 N–H and O–H groups in total. The van der Waals surface area contributed by atoms with E-state index in [0.29, 0.717) is 6.04 Å². The molecule has 0 aliphatic rings. The van der Waals surface area contributed by atoms with Gasteiger partial charge in [0, 0.05) is 11.7 Å². The second-order valence-corrected chi connectivity index (χ2v) is 5.67. The van der Waals surface area contributed by atoms with Crippen LogP contribution in [0.3, 0.4) is 0 Å². The van der Waals surface area contributed by atoms with Crippen molar-refractivity contribution < 1.29 is 0 Å². The highest BCUT2D eigenvalue weighted by atomic mass is 14.9. The van der Waals surface area contributed by atoms with Crippen LogP contribution in [0.5, 0.6) is 0 Å². The Balaban J connectivity index is 2.27. The molecule has 0 fully saturated rings. The van der Waals surface area contributed by atoms with Crippen LogP contribution in [0.4, 0.5) is 5.69 Å². The average molecular weight is 267 g/mol. The topological polar surface area (TPSA) is 12.0 Å². The lowest BCUT2D eigenvalue weighted by atomic mass is 10.00. The first-order chi connectivity index (χ1) is 9.52. The third-order valence-electron chi connectivity index (χ3n) is 4.13. The van der Waals surface area contributed by atoms with Gasteiger partial charge in [0.1, 0.15) is 0 Å². The number of para-hydroxylation sites is 1. The van der Waals surface area contributed by atoms with Crippen molar-refractivity contribution in [3.63, 3.8) is 0 Å². The van der Waals surface area contributed by atoms with Crippen LogP contribution in [-0.4, -0.2) is 0 Å². The minimum Gasteiger partial charge on any atom is -0.378 e. The number of rotatable bonds is 4. The van der Waals surface area contributed by atoms with E-state index in [1.165, 1.54) is 33.5 Å². The summed E-state index contributed by atoms with van der Waals surface area (Å²) >= 11 is 0. The summed E-state index contributed by atoms with van der Waals surface area (Å²) in [5.74, 6) is 0. The van der Waals surface area contributed by atoms with Gasteiger partial charge >= 0.3 is 0 Å². The van der Waals surface area contributed by atoms with Gasteiger partial charge in [0.2, 0.25) is 0 Å². The lowest BCUT2D eigenvalue weighted by Crippen LogP contribution is -2.10. The van der Waals surface area contributed by atoms with Crippen molar-refractivity contribution in [2.45, 2.75) is 47.1 Å². The van der Waals surface area contributed by atoms with Crippen molar-refractivity contribution in [1.29, 1.82) is 0 Å². The van der Waals surface area contributed by atoms with Crippen molar-refractivity contribution in [3.05, 3.63) is 64.2 Å². The maximum absolute atomic E-state index is 3.69. The van der Waals surface area contributed by atoms with E-state index in [1.54, 1.807) is 0 Å². The van der Waals surface area contributed by atoms with E-state index in [9.17, 15) is 0 Å². The molecular formula is C19H25N. The van der Waals surface area contributed by atoms with Gasteiger partial charge in [-0.2, -0.15) is 0 Å². The van der Waals surface area contributed by atoms with Gasteiger partial charge in [-0.05, 0) is 61.9 Å². The molecule has 0 radical (unpaired) electrons. The highest BCUT2D eigenvalue weighted by molar-refractivity contribution is 5.58. The fourth-order valence-electron chi connectivity index (χ4n) is 2.56. The summed E-state index contributed by atoms with van der Waals surface area (Å²) in [5, 5.41) is 3.69. The summed E-state index contributed by atoms with van der Waals surface area (Å²) in [4.78, 5) is 0. The molecule has 2 aromatic carbocycles. The fourth-order valence-corrected chi connectivity index (χ4v) is 2.56. The maximum atomic E-state index is 3.69. The van der Waals surface area contributed by atoms with Crippen LogP contribution in [0.25, 0.3) is 0 Å². The van der Waals surface area contributed by atoms with E-state index in [1.807, 2.05) is 0 Å². The van der Waals surface area contributed by atoms with Crippen molar-refractivity contribution in [3.8, 4) is 0 Å². The number of hydrogen-bond acceptors (Lipinski definition) is 1. The summed E-state index contributed by atoms with van der Waals surface area (Å²) in [6.45, 7) is 11.0. The fraction of sp³-hybridized carbons (Fsp3) is 0.368. The Hall–Kier alpha value is -1.76. The molecular weight excluding hydrogens is 242 g/mol. The lowest BCUT2D eigenvalue weighted by Gasteiger charge is -2.21. The Labute approximate surface area is 123 Å². The molecule has 0 spiro atoms. The van der Waals surface area contributed by atoms with Crippen LogP contribution >= 0.6 is 0 Å². The van der Waals surface area contributed by atoms with Gasteiger partial charge in [0.25, 0.3) is 0 Å². The summed E-state index contributed by atoms with van der Waals surface area (Å²) in [6.07, 6.45) is 1.06. The highest BCUT2D eigenvalue weighted by Gasteiger charge is 2.10. The molecule has 1 nitrogen and oxygen atoms in total. The molecule has 0 saturated heterocycles. The molecule has 0 aliphatic carbocycles. The van der Waals surface area contributed by atoms with Crippen LogP contribution in [0.15, 0.2) is 36.4 Å². The predicted molar refractivity (Wildman–Crippen MR) is 88.5 cm³/mol. The van der Waals surface area contributed by atoms with E-state index >= 15 is 0 Å². The van der Waals surface area contributed by atoms with Crippen LogP contribution in [0.2, 0.25) is 0 Å². The van der Waals surface area contributed by atoms with Gasteiger partial charge in [-0.15, -0.1) is 0 Å². The molecule has 0 heterocycles. The second kappa shape index (κ2) is 6.13. The molecule has 1 unspecified atom stereocenters. The Kier molecular flexibility index (Phi) is 4.49. The molecule has 1 atom stereocenters. The normalized spacial score (nSPS) is 12.2. The zero-order chi connectivity index (χ0) is 14.7. The maximum Gasteiger partial charge on any atom is 0.0485 e. The highest BCUT2D eigenvalue weighted by Crippen LogP contribution is 2.27. The van der Waals surface area contributed by atoms with Gasteiger partial charge in [0.05, 0.1) is 0 Å². The standard InChI is InChI=1S/C19H25N/c1-6-17-9-7-8-14(3)19(17)20-16(5)18-11-10-13(2)15(4)12-18/h7-12,16,20H,6H2,1-5H3. The van der Waals surface area contributed by atoms with Gasteiger partial charge in [-0.3, -0.25) is 0 Å². The van der Waals surface area contributed by atoms with Crippen molar-refractivity contribution in [2.75, 3.05) is 5.32 Å². The Morgan fingerprint density at radius 2 is 1.70 bits per heavy atom. The number of anilines is 1. The summed E-state index contributed by atoms with van der Waals surface area (Å²) in [7, 11) is 0. The summed E-state index contributed by atoms with van der Waals surface area (Å²) in [6, 6.07) is 13.6. The third kappa shape index (κ3) is 3.04. The summed E-state index contributed by atoms with van der Waals surface area (Å²) in [5.41, 5.74) is 8.06. The van der Waals surface area contributed by atoms with Crippen molar-refractivity contribution in [1.82, 2.24) is 0 Å². The van der Waals surface area contributed by atoms with E-state index in [4.69, 9.17) is 0 Å². The van der Waals surface area contributed by atoms with E-state index in [-0.39, 0.29) is 0 Å². The minimum absolute atomic E-state index is 0.320. The number of benzene rings is 2. The molecule has 0 aliphatic heterocycles. The van der Waals surface area contributed by atoms with Crippen LogP contribution in [-0.2, 0) is 6.42 Å².